The van der Waals surface area contributed by atoms with Gasteiger partial charge < -0.3 is 9.84 Å². The molecule has 1 heterocycles. The van der Waals surface area contributed by atoms with Crippen LogP contribution in [0, 0.1) is 5.82 Å². The fourth-order valence-electron chi connectivity index (χ4n) is 2.73. The molecule has 3 rings (SSSR count). The van der Waals surface area contributed by atoms with Crippen LogP contribution >= 0.6 is 0 Å². The number of nitrogens with zero attached hydrogens (tertiary/aromatic N) is 1. The van der Waals surface area contributed by atoms with Crippen molar-refractivity contribution in [1.29, 1.82) is 0 Å². The van der Waals surface area contributed by atoms with Gasteiger partial charge in [-0.25, -0.2) is 4.39 Å². The topological polar surface area (TPSA) is 32.7 Å². The molecule has 0 bridgehead atoms. The first kappa shape index (κ1) is 13.9. The Morgan fingerprint density at radius 3 is 2.90 bits per heavy atom. The summed E-state index contributed by atoms with van der Waals surface area (Å²) in [6, 6.07) is 11.9. The third kappa shape index (κ3) is 2.85. The van der Waals surface area contributed by atoms with Gasteiger partial charge in [-0.1, -0.05) is 18.2 Å². The van der Waals surface area contributed by atoms with Crippen LogP contribution in [0.25, 0.3) is 0 Å². The molecule has 0 amide bonds. The van der Waals surface area contributed by atoms with Crippen molar-refractivity contribution in [2.75, 3.05) is 13.2 Å². The van der Waals surface area contributed by atoms with Gasteiger partial charge in [-0.3, -0.25) is 4.90 Å². The van der Waals surface area contributed by atoms with Gasteiger partial charge in [-0.15, -0.1) is 0 Å². The number of ether oxygens (including phenoxy) is 1. The number of aromatic hydroxyl groups is 1. The van der Waals surface area contributed by atoms with Crippen LogP contribution in [-0.4, -0.2) is 23.2 Å². The molecule has 0 saturated heterocycles. The highest BCUT2D eigenvalue weighted by molar-refractivity contribution is 5.37. The van der Waals surface area contributed by atoms with E-state index in [4.69, 9.17) is 4.74 Å². The Kier molecular flexibility index (Phi) is 3.80. The maximum Gasteiger partial charge on any atom is 0.123 e. The van der Waals surface area contributed by atoms with Crippen LogP contribution in [0.5, 0.6) is 11.5 Å². The summed E-state index contributed by atoms with van der Waals surface area (Å²) >= 11 is 0. The molecule has 1 N–H and O–H groups in total. The number of benzene rings is 2. The molecule has 2 aromatic rings. The van der Waals surface area contributed by atoms with E-state index in [9.17, 15) is 9.50 Å². The summed E-state index contributed by atoms with van der Waals surface area (Å²) < 4.78 is 19.2. The first-order chi connectivity index (χ1) is 10.1. The predicted molar refractivity (Wildman–Crippen MR) is 78.8 cm³/mol. The molecule has 0 spiro atoms. The van der Waals surface area contributed by atoms with Crippen molar-refractivity contribution in [3.8, 4) is 11.5 Å². The third-order valence-corrected chi connectivity index (χ3v) is 3.97. The molecule has 0 aromatic heterocycles. The third-order valence-electron chi connectivity index (χ3n) is 3.97. The summed E-state index contributed by atoms with van der Waals surface area (Å²) in [4.78, 5) is 2.18. The summed E-state index contributed by atoms with van der Waals surface area (Å²) in [5, 5.41) is 9.98. The van der Waals surface area contributed by atoms with Crippen LogP contribution in [-0.2, 0) is 6.54 Å². The summed E-state index contributed by atoms with van der Waals surface area (Å²) in [6.45, 7) is 4.00. The van der Waals surface area contributed by atoms with E-state index in [1.807, 2.05) is 31.2 Å². The minimum atomic E-state index is -0.332. The lowest BCUT2D eigenvalue weighted by Crippen LogP contribution is -2.29. The standard InChI is InChI=1S/C17H18FNO2/c1-12(15-10-14(18)6-7-16(15)20)19-8-9-21-17-5-3-2-4-13(17)11-19/h2-7,10,12,20H,8-9,11H2,1H3. The van der Waals surface area contributed by atoms with E-state index >= 15 is 0 Å². The van der Waals surface area contributed by atoms with Crippen molar-refractivity contribution in [1.82, 2.24) is 4.90 Å². The Morgan fingerprint density at radius 1 is 1.24 bits per heavy atom. The van der Waals surface area contributed by atoms with E-state index in [1.165, 1.54) is 18.2 Å². The Balaban J connectivity index is 1.88. The van der Waals surface area contributed by atoms with Crippen LogP contribution in [0.15, 0.2) is 42.5 Å². The summed E-state index contributed by atoms with van der Waals surface area (Å²) in [7, 11) is 0. The minimum absolute atomic E-state index is 0.0875. The molecular weight excluding hydrogens is 269 g/mol. The zero-order valence-corrected chi connectivity index (χ0v) is 11.9. The van der Waals surface area contributed by atoms with Crippen molar-refractivity contribution >= 4 is 0 Å². The number of phenols is 1. The molecule has 0 fully saturated rings. The van der Waals surface area contributed by atoms with E-state index in [-0.39, 0.29) is 17.6 Å². The molecular formula is C17H18FNO2. The Bertz CT molecular complexity index is 644. The normalized spacial score (nSPS) is 16.7. The van der Waals surface area contributed by atoms with Crippen molar-refractivity contribution in [3.05, 3.63) is 59.4 Å². The van der Waals surface area contributed by atoms with Gasteiger partial charge in [0.1, 0.15) is 23.9 Å². The molecule has 0 saturated carbocycles. The first-order valence-electron chi connectivity index (χ1n) is 7.08. The smallest absolute Gasteiger partial charge is 0.123 e. The molecule has 0 radical (unpaired) electrons. The second-order valence-electron chi connectivity index (χ2n) is 5.31. The van der Waals surface area contributed by atoms with Gasteiger partial charge in [0.25, 0.3) is 0 Å². The van der Waals surface area contributed by atoms with Gasteiger partial charge in [0.05, 0.1) is 0 Å². The highest BCUT2D eigenvalue weighted by Crippen LogP contribution is 2.32. The van der Waals surface area contributed by atoms with Gasteiger partial charge >= 0.3 is 0 Å². The van der Waals surface area contributed by atoms with Crippen LogP contribution in [0.1, 0.15) is 24.1 Å². The molecule has 0 aliphatic carbocycles. The minimum Gasteiger partial charge on any atom is -0.508 e. The van der Waals surface area contributed by atoms with Gasteiger partial charge in [0, 0.05) is 30.3 Å². The highest BCUT2D eigenvalue weighted by atomic mass is 19.1. The summed E-state index contributed by atoms with van der Waals surface area (Å²) in [6.07, 6.45) is 0. The van der Waals surface area contributed by atoms with E-state index in [2.05, 4.69) is 4.90 Å². The number of fused-ring (bicyclic) bond motifs is 1. The van der Waals surface area contributed by atoms with Crippen molar-refractivity contribution < 1.29 is 14.2 Å². The second-order valence-corrected chi connectivity index (χ2v) is 5.31. The predicted octanol–water partition coefficient (Wildman–Crippen LogP) is 3.49. The Morgan fingerprint density at radius 2 is 2.05 bits per heavy atom. The zero-order chi connectivity index (χ0) is 14.8. The van der Waals surface area contributed by atoms with Crippen molar-refractivity contribution in [2.24, 2.45) is 0 Å². The zero-order valence-electron chi connectivity index (χ0n) is 11.9. The van der Waals surface area contributed by atoms with Crippen LogP contribution < -0.4 is 4.74 Å². The van der Waals surface area contributed by atoms with E-state index in [0.717, 1.165) is 17.9 Å². The van der Waals surface area contributed by atoms with Crippen LogP contribution in [0.2, 0.25) is 0 Å². The molecule has 1 unspecified atom stereocenters. The quantitative estimate of drug-likeness (QED) is 0.917. The maximum absolute atomic E-state index is 13.4. The average Bonchev–Trinajstić information content (AvgIpc) is 2.71. The monoisotopic (exact) mass is 287 g/mol. The molecule has 110 valence electrons. The number of para-hydroxylation sites is 1. The van der Waals surface area contributed by atoms with Gasteiger partial charge in [-0.05, 0) is 31.2 Å². The van der Waals surface area contributed by atoms with E-state index in [1.54, 1.807) is 0 Å². The van der Waals surface area contributed by atoms with Crippen molar-refractivity contribution in [3.63, 3.8) is 0 Å². The lowest BCUT2D eigenvalue weighted by Gasteiger charge is -2.28. The van der Waals surface area contributed by atoms with Gasteiger partial charge in [0.2, 0.25) is 0 Å². The van der Waals surface area contributed by atoms with E-state index < -0.39 is 0 Å². The number of halogens is 1. The van der Waals surface area contributed by atoms with Gasteiger partial charge in [0.15, 0.2) is 0 Å². The fourth-order valence-corrected chi connectivity index (χ4v) is 2.73. The Labute approximate surface area is 123 Å². The second kappa shape index (κ2) is 5.74. The van der Waals surface area contributed by atoms with E-state index in [0.29, 0.717) is 18.7 Å². The number of rotatable bonds is 2. The lowest BCUT2D eigenvalue weighted by atomic mass is 10.0. The number of phenolic OH excluding ortho intramolecular Hbond substituents is 1. The number of hydrogen-bond acceptors (Lipinski definition) is 3. The summed E-state index contributed by atoms with van der Waals surface area (Å²) in [5.74, 6) is 0.694. The molecule has 1 aliphatic rings. The molecule has 2 aromatic carbocycles. The Hall–Kier alpha value is -2.07. The highest BCUT2D eigenvalue weighted by Gasteiger charge is 2.22. The summed E-state index contributed by atoms with van der Waals surface area (Å²) in [5.41, 5.74) is 1.71. The largest absolute Gasteiger partial charge is 0.508 e. The molecule has 1 atom stereocenters. The average molecular weight is 287 g/mol. The fraction of sp³-hybridized carbons (Fsp3) is 0.294. The van der Waals surface area contributed by atoms with Gasteiger partial charge in [-0.2, -0.15) is 0 Å². The maximum atomic E-state index is 13.4. The SMILES string of the molecule is CC(c1cc(F)ccc1O)N1CCOc2ccccc2C1. The molecule has 4 heteroatoms. The molecule has 21 heavy (non-hydrogen) atoms. The molecule has 1 aliphatic heterocycles. The number of hydrogen-bond donors (Lipinski definition) is 1. The van der Waals surface area contributed by atoms with Crippen LogP contribution in [0.4, 0.5) is 4.39 Å². The van der Waals surface area contributed by atoms with Crippen LogP contribution in [0.3, 0.4) is 0 Å². The first-order valence-corrected chi connectivity index (χ1v) is 7.08. The van der Waals surface area contributed by atoms with Crippen molar-refractivity contribution in [2.45, 2.75) is 19.5 Å². The lowest BCUT2D eigenvalue weighted by molar-refractivity contribution is 0.177. The molecule has 3 nitrogen and oxygen atoms in total.